The lowest BCUT2D eigenvalue weighted by atomic mass is 10.1. The number of allylic oxidation sites excluding steroid dienone is 1. The molecule has 0 aromatic rings. The van der Waals surface area contributed by atoms with Gasteiger partial charge in [-0.05, 0) is 25.7 Å². The molecule has 6 heteroatoms. The molecule has 1 aliphatic rings. The Labute approximate surface area is 139 Å². The van der Waals surface area contributed by atoms with Crippen LogP contribution in [0.3, 0.4) is 0 Å². The number of unbranched alkanes of at least 4 members (excludes halogenated alkanes) is 3. The molecular weight excluding hydrogens is 292 g/mol. The minimum Gasteiger partial charge on any atom is -0.354 e. The number of carbonyl (C=O) groups is 2. The molecule has 0 aliphatic carbocycles. The van der Waals surface area contributed by atoms with E-state index >= 15 is 0 Å². The van der Waals surface area contributed by atoms with Gasteiger partial charge in [-0.2, -0.15) is 0 Å². The van der Waals surface area contributed by atoms with Crippen molar-refractivity contribution < 1.29 is 9.59 Å². The van der Waals surface area contributed by atoms with Crippen LogP contribution < -0.4 is 5.32 Å². The number of imide groups is 1. The fraction of sp³-hybridized carbons (Fsp3) is 0.706. The van der Waals surface area contributed by atoms with Gasteiger partial charge in [0.05, 0.1) is 0 Å². The molecule has 2 amide bonds. The van der Waals surface area contributed by atoms with Crippen LogP contribution in [-0.4, -0.2) is 61.3 Å². The van der Waals surface area contributed by atoms with E-state index in [-0.39, 0.29) is 11.8 Å². The summed E-state index contributed by atoms with van der Waals surface area (Å²) < 4.78 is 0. The van der Waals surface area contributed by atoms with Crippen LogP contribution in [-0.2, 0) is 9.59 Å². The van der Waals surface area contributed by atoms with Gasteiger partial charge >= 0.3 is 0 Å². The largest absolute Gasteiger partial charge is 0.354 e. The van der Waals surface area contributed by atoms with E-state index in [1.54, 1.807) is 7.05 Å². The molecule has 1 saturated heterocycles. The second-order valence-electron chi connectivity index (χ2n) is 5.83. The zero-order chi connectivity index (χ0) is 17.1. The molecule has 1 aliphatic heterocycles. The van der Waals surface area contributed by atoms with Crippen molar-refractivity contribution in [3.05, 3.63) is 12.7 Å². The summed E-state index contributed by atoms with van der Waals surface area (Å²) in [7, 11) is 3.74. The van der Waals surface area contributed by atoms with Crippen molar-refractivity contribution in [2.45, 2.75) is 44.9 Å². The lowest BCUT2D eigenvalue weighted by molar-refractivity contribution is -0.147. The summed E-state index contributed by atoms with van der Waals surface area (Å²) in [5, 5.41) is 3.22. The van der Waals surface area contributed by atoms with Gasteiger partial charge < -0.3 is 10.2 Å². The van der Waals surface area contributed by atoms with E-state index in [9.17, 15) is 9.59 Å². The van der Waals surface area contributed by atoms with Crippen molar-refractivity contribution in [2.75, 3.05) is 33.7 Å². The summed E-state index contributed by atoms with van der Waals surface area (Å²) in [6.07, 6.45) is 8.09. The Hall–Kier alpha value is -1.85. The maximum Gasteiger partial charge on any atom is 0.229 e. The van der Waals surface area contributed by atoms with Gasteiger partial charge in [0.2, 0.25) is 11.8 Å². The van der Waals surface area contributed by atoms with Crippen LogP contribution in [0.15, 0.2) is 17.6 Å². The number of hydrogen-bond donors (Lipinski definition) is 1. The molecule has 1 rings (SSSR count). The average Bonchev–Trinajstić information content (AvgIpc) is 2.53. The van der Waals surface area contributed by atoms with Crippen molar-refractivity contribution in [2.24, 2.45) is 4.99 Å². The van der Waals surface area contributed by atoms with Crippen LogP contribution >= 0.6 is 0 Å². The summed E-state index contributed by atoms with van der Waals surface area (Å²) in [6.45, 7) is 5.59. The van der Waals surface area contributed by atoms with E-state index in [1.807, 2.05) is 13.1 Å². The summed E-state index contributed by atoms with van der Waals surface area (Å²) in [6, 6.07) is 0. The van der Waals surface area contributed by atoms with Crippen molar-refractivity contribution in [1.29, 1.82) is 0 Å². The molecule has 23 heavy (non-hydrogen) atoms. The number of likely N-dealkylation sites (tertiary alicyclic amines) is 1. The molecule has 1 heterocycles. The maximum absolute atomic E-state index is 11.7. The molecule has 0 radical (unpaired) electrons. The number of rotatable bonds is 9. The van der Waals surface area contributed by atoms with Gasteiger partial charge in [-0.25, -0.2) is 0 Å². The van der Waals surface area contributed by atoms with Crippen LogP contribution in [0.25, 0.3) is 0 Å². The summed E-state index contributed by atoms with van der Waals surface area (Å²) in [5.41, 5.74) is 0. The van der Waals surface area contributed by atoms with Crippen LogP contribution in [0, 0.1) is 0 Å². The molecule has 1 N–H and O–H groups in total. The summed E-state index contributed by atoms with van der Waals surface area (Å²) >= 11 is 0. The highest BCUT2D eigenvalue weighted by Gasteiger charge is 2.25. The third-order valence-corrected chi connectivity index (χ3v) is 3.98. The Bertz CT molecular complexity index is 418. The number of amides is 2. The topological polar surface area (TPSA) is 65.0 Å². The number of aliphatic imine (C=N–C) groups is 1. The lowest BCUT2D eigenvalue weighted by Gasteiger charge is -2.26. The van der Waals surface area contributed by atoms with Gasteiger partial charge in [0.25, 0.3) is 0 Å². The Morgan fingerprint density at radius 1 is 1.30 bits per heavy atom. The zero-order valence-electron chi connectivity index (χ0n) is 14.5. The standard InChI is InChI=1S/C17H30N4O2/c1-4-5-6-7-8-13-20(3)17(18-2)19-12-14-21-15(22)10-9-11-16(21)23/h4H,1,5-14H2,2-3H3,(H,18,19). The fourth-order valence-corrected chi connectivity index (χ4v) is 2.63. The molecule has 0 unspecified atom stereocenters. The highest BCUT2D eigenvalue weighted by Crippen LogP contribution is 2.11. The molecular formula is C17H30N4O2. The van der Waals surface area contributed by atoms with E-state index < -0.39 is 0 Å². The first-order valence-electron chi connectivity index (χ1n) is 8.46. The minimum absolute atomic E-state index is 0.0615. The Kier molecular flexibility index (Phi) is 9.02. The third-order valence-electron chi connectivity index (χ3n) is 3.98. The first-order chi connectivity index (χ1) is 11.1. The highest BCUT2D eigenvalue weighted by atomic mass is 16.2. The van der Waals surface area contributed by atoms with E-state index in [0.717, 1.165) is 25.3 Å². The number of guanidine groups is 1. The predicted molar refractivity (Wildman–Crippen MR) is 93.2 cm³/mol. The SMILES string of the molecule is C=CCCCCCN(C)C(=NC)NCCN1C(=O)CCCC1=O. The molecule has 0 spiro atoms. The average molecular weight is 322 g/mol. The number of carbonyl (C=O) groups excluding carboxylic acids is 2. The van der Waals surface area contributed by atoms with Crippen LogP contribution in [0.4, 0.5) is 0 Å². The monoisotopic (exact) mass is 322 g/mol. The summed E-state index contributed by atoms with van der Waals surface area (Å²) in [5.74, 6) is 0.674. The smallest absolute Gasteiger partial charge is 0.229 e. The first-order valence-corrected chi connectivity index (χ1v) is 8.46. The van der Waals surface area contributed by atoms with E-state index in [4.69, 9.17) is 0 Å². The normalized spacial score (nSPS) is 15.7. The summed E-state index contributed by atoms with van der Waals surface area (Å²) in [4.78, 5) is 31.2. The molecule has 0 saturated carbocycles. The molecule has 130 valence electrons. The number of hydrogen-bond acceptors (Lipinski definition) is 3. The highest BCUT2D eigenvalue weighted by molar-refractivity contribution is 5.97. The Morgan fingerprint density at radius 3 is 2.61 bits per heavy atom. The van der Waals surface area contributed by atoms with E-state index in [2.05, 4.69) is 21.8 Å². The van der Waals surface area contributed by atoms with Gasteiger partial charge in [0.1, 0.15) is 0 Å². The maximum atomic E-state index is 11.7. The minimum atomic E-state index is -0.0615. The van der Waals surface area contributed by atoms with Crippen LogP contribution in [0.5, 0.6) is 0 Å². The molecule has 0 bridgehead atoms. The van der Waals surface area contributed by atoms with Gasteiger partial charge in [-0.3, -0.25) is 19.5 Å². The third kappa shape index (κ3) is 6.84. The van der Waals surface area contributed by atoms with Gasteiger partial charge in [-0.15, -0.1) is 6.58 Å². The lowest BCUT2D eigenvalue weighted by Crippen LogP contribution is -2.47. The fourth-order valence-electron chi connectivity index (χ4n) is 2.63. The quantitative estimate of drug-likeness (QED) is 0.231. The second-order valence-corrected chi connectivity index (χ2v) is 5.83. The van der Waals surface area contributed by atoms with Crippen molar-refractivity contribution in [1.82, 2.24) is 15.1 Å². The van der Waals surface area contributed by atoms with Crippen LogP contribution in [0.1, 0.15) is 44.9 Å². The molecule has 1 fully saturated rings. The molecule has 0 aromatic heterocycles. The van der Waals surface area contributed by atoms with Crippen molar-refractivity contribution in [3.8, 4) is 0 Å². The number of piperidine rings is 1. The zero-order valence-corrected chi connectivity index (χ0v) is 14.5. The molecule has 0 atom stereocenters. The van der Waals surface area contributed by atoms with E-state index in [1.165, 1.54) is 17.7 Å². The first kappa shape index (κ1) is 19.2. The van der Waals surface area contributed by atoms with Crippen molar-refractivity contribution >= 4 is 17.8 Å². The van der Waals surface area contributed by atoms with E-state index in [0.29, 0.717) is 32.4 Å². The van der Waals surface area contributed by atoms with Crippen LogP contribution in [0.2, 0.25) is 0 Å². The molecule has 6 nitrogen and oxygen atoms in total. The van der Waals surface area contributed by atoms with Gasteiger partial charge in [-0.1, -0.05) is 12.5 Å². The van der Waals surface area contributed by atoms with Gasteiger partial charge in [0.15, 0.2) is 5.96 Å². The number of nitrogens with one attached hydrogen (secondary N) is 1. The Balaban J connectivity index is 2.28. The van der Waals surface area contributed by atoms with Crippen molar-refractivity contribution in [3.63, 3.8) is 0 Å². The van der Waals surface area contributed by atoms with Gasteiger partial charge in [0, 0.05) is 46.6 Å². The molecule has 0 aromatic carbocycles. The number of nitrogens with zero attached hydrogens (tertiary/aromatic N) is 3. The Morgan fingerprint density at radius 2 is 2.00 bits per heavy atom. The second kappa shape index (κ2) is 10.8. The predicted octanol–water partition coefficient (Wildman–Crippen LogP) is 1.78.